The summed E-state index contributed by atoms with van der Waals surface area (Å²) in [6.07, 6.45) is 1.24. The van der Waals surface area contributed by atoms with Crippen molar-refractivity contribution in [2.24, 2.45) is 0 Å². The van der Waals surface area contributed by atoms with Crippen molar-refractivity contribution in [3.05, 3.63) is 59.9 Å². The second-order valence-corrected chi connectivity index (χ2v) is 5.04. The van der Waals surface area contributed by atoms with Gasteiger partial charge in [0, 0.05) is 17.1 Å². The number of nitrogens with zero attached hydrogens (tertiary/aromatic N) is 1. The van der Waals surface area contributed by atoms with Gasteiger partial charge in [-0.15, -0.1) is 0 Å². The van der Waals surface area contributed by atoms with Crippen LogP contribution in [0.15, 0.2) is 48.8 Å². The van der Waals surface area contributed by atoms with E-state index in [1.54, 1.807) is 12.3 Å². The highest BCUT2D eigenvalue weighted by Crippen LogP contribution is 2.22. The lowest BCUT2D eigenvalue weighted by molar-refractivity contribution is 0.0339. The number of hydrogen-bond acceptors (Lipinski definition) is 4. The molecule has 0 saturated carbocycles. The molecule has 0 aliphatic heterocycles. The number of aliphatic hydroxyl groups excluding tert-OH is 2. The lowest BCUT2D eigenvalue weighted by Gasteiger charge is -2.16. The minimum absolute atomic E-state index is 0.295. The van der Waals surface area contributed by atoms with E-state index in [0.29, 0.717) is 23.2 Å². The van der Waals surface area contributed by atoms with Crippen LogP contribution in [0.2, 0.25) is 0 Å². The Balaban J connectivity index is 2.03. The average molecular weight is 338 g/mol. The van der Waals surface area contributed by atoms with Gasteiger partial charge in [0.1, 0.15) is 18.5 Å². The Kier molecular flexibility index (Phi) is 5.52. The molecule has 20 heavy (non-hydrogen) atoms. The molecule has 0 saturated heterocycles. The number of halogens is 1. The first-order valence-electron chi connectivity index (χ1n) is 6.24. The van der Waals surface area contributed by atoms with E-state index in [-0.39, 0.29) is 0 Å². The number of aliphatic hydroxyl groups is 2. The molecule has 4 nitrogen and oxygen atoms in total. The monoisotopic (exact) mass is 337 g/mol. The largest absolute Gasteiger partial charge is 0.487 e. The van der Waals surface area contributed by atoms with Crippen molar-refractivity contribution in [3.63, 3.8) is 0 Å². The number of rotatable bonds is 6. The number of ether oxygens (including phenoxy) is 1. The summed E-state index contributed by atoms with van der Waals surface area (Å²) >= 11 is 3.13. The zero-order valence-corrected chi connectivity index (χ0v) is 12.4. The van der Waals surface area contributed by atoms with Crippen LogP contribution in [0.25, 0.3) is 0 Å². The first kappa shape index (κ1) is 15.0. The molecule has 0 bridgehead atoms. The second kappa shape index (κ2) is 7.38. The topological polar surface area (TPSA) is 62.6 Å². The van der Waals surface area contributed by atoms with Gasteiger partial charge in [-0.05, 0) is 11.6 Å². The minimum Gasteiger partial charge on any atom is -0.487 e. The molecule has 0 aliphatic carbocycles. The fourth-order valence-electron chi connectivity index (χ4n) is 1.72. The van der Waals surface area contributed by atoms with Crippen LogP contribution in [0.5, 0.6) is 5.75 Å². The van der Waals surface area contributed by atoms with Gasteiger partial charge in [-0.2, -0.15) is 0 Å². The molecule has 0 spiro atoms. The lowest BCUT2D eigenvalue weighted by atomic mass is 10.1. The highest BCUT2D eigenvalue weighted by molar-refractivity contribution is 9.09. The van der Waals surface area contributed by atoms with Crippen LogP contribution in [-0.2, 0) is 6.61 Å². The zero-order valence-electron chi connectivity index (χ0n) is 10.8. The van der Waals surface area contributed by atoms with E-state index in [1.807, 2.05) is 30.3 Å². The van der Waals surface area contributed by atoms with Crippen molar-refractivity contribution in [1.82, 2.24) is 4.98 Å². The molecule has 0 amide bonds. The van der Waals surface area contributed by atoms with E-state index in [9.17, 15) is 10.2 Å². The highest BCUT2D eigenvalue weighted by atomic mass is 79.9. The smallest absolute Gasteiger partial charge is 0.138 e. The van der Waals surface area contributed by atoms with Gasteiger partial charge in [0.25, 0.3) is 0 Å². The van der Waals surface area contributed by atoms with Crippen LogP contribution in [0.3, 0.4) is 0 Å². The van der Waals surface area contributed by atoms with E-state index in [1.165, 1.54) is 6.20 Å². The number of aromatic nitrogens is 1. The summed E-state index contributed by atoms with van der Waals surface area (Å²) in [6, 6.07) is 11.5. The van der Waals surface area contributed by atoms with E-state index in [4.69, 9.17) is 4.74 Å². The molecule has 1 heterocycles. The van der Waals surface area contributed by atoms with Crippen LogP contribution in [0, 0.1) is 0 Å². The summed E-state index contributed by atoms with van der Waals surface area (Å²) in [5, 5.41) is 19.8. The quantitative estimate of drug-likeness (QED) is 0.795. The van der Waals surface area contributed by atoms with Gasteiger partial charge >= 0.3 is 0 Å². The maximum atomic E-state index is 9.92. The molecule has 2 atom stereocenters. The Morgan fingerprint density at radius 2 is 1.90 bits per heavy atom. The van der Waals surface area contributed by atoms with Gasteiger partial charge in [-0.25, -0.2) is 0 Å². The van der Waals surface area contributed by atoms with Crippen LogP contribution in [-0.4, -0.2) is 26.6 Å². The summed E-state index contributed by atoms with van der Waals surface area (Å²) in [6.45, 7) is 0.434. The maximum Gasteiger partial charge on any atom is 0.138 e. The molecule has 2 aromatic rings. The molecule has 2 N–H and O–H groups in total. The van der Waals surface area contributed by atoms with Crippen molar-refractivity contribution in [1.29, 1.82) is 0 Å². The fraction of sp³-hybridized carbons (Fsp3) is 0.267. The molecule has 2 unspecified atom stereocenters. The third-order valence-corrected chi connectivity index (χ3v) is 3.51. The van der Waals surface area contributed by atoms with Gasteiger partial charge in [0.15, 0.2) is 0 Å². The van der Waals surface area contributed by atoms with Crippen LogP contribution < -0.4 is 4.74 Å². The van der Waals surface area contributed by atoms with Crippen molar-refractivity contribution < 1.29 is 14.9 Å². The fourth-order valence-corrected chi connectivity index (χ4v) is 2.08. The molecule has 2 rings (SSSR count). The molecule has 1 aromatic carbocycles. The first-order chi connectivity index (χ1) is 9.70. The molecule has 0 radical (unpaired) electrons. The Morgan fingerprint density at radius 3 is 2.60 bits per heavy atom. The van der Waals surface area contributed by atoms with Gasteiger partial charge in [-0.1, -0.05) is 46.3 Å². The first-order valence-corrected chi connectivity index (χ1v) is 7.36. The van der Waals surface area contributed by atoms with E-state index in [2.05, 4.69) is 20.9 Å². The zero-order chi connectivity index (χ0) is 14.4. The number of alkyl halides is 1. The predicted molar refractivity (Wildman–Crippen MR) is 79.8 cm³/mol. The number of pyridine rings is 1. The second-order valence-electron chi connectivity index (χ2n) is 4.39. The SMILES string of the molecule is OC(CBr)C(O)c1cncc(OCc2ccccc2)c1. The molecule has 1 aromatic heterocycles. The molecule has 0 aliphatic rings. The van der Waals surface area contributed by atoms with Gasteiger partial charge in [0.05, 0.1) is 12.3 Å². The lowest BCUT2D eigenvalue weighted by Crippen LogP contribution is -2.19. The summed E-state index contributed by atoms with van der Waals surface area (Å²) < 4.78 is 5.63. The Labute approximate surface area is 126 Å². The van der Waals surface area contributed by atoms with Crippen molar-refractivity contribution in [2.45, 2.75) is 18.8 Å². The predicted octanol–water partition coefficient (Wildman–Crippen LogP) is 2.45. The summed E-state index contributed by atoms with van der Waals surface area (Å²) in [5.74, 6) is 0.562. The van der Waals surface area contributed by atoms with Gasteiger partial charge < -0.3 is 14.9 Å². The third-order valence-electron chi connectivity index (χ3n) is 2.85. The molecular weight excluding hydrogens is 322 g/mol. The Hall–Kier alpha value is -1.43. The highest BCUT2D eigenvalue weighted by Gasteiger charge is 2.17. The van der Waals surface area contributed by atoms with Crippen molar-refractivity contribution >= 4 is 15.9 Å². The molecule has 106 valence electrons. The van der Waals surface area contributed by atoms with Gasteiger partial charge in [-0.3, -0.25) is 4.98 Å². The minimum atomic E-state index is -0.984. The van der Waals surface area contributed by atoms with Crippen LogP contribution in [0.1, 0.15) is 17.2 Å². The van der Waals surface area contributed by atoms with Gasteiger partial charge in [0.2, 0.25) is 0 Å². The Morgan fingerprint density at radius 1 is 1.15 bits per heavy atom. The number of hydrogen-bond donors (Lipinski definition) is 2. The van der Waals surface area contributed by atoms with Crippen molar-refractivity contribution in [2.75, 3.05) is 5.33 Å². The summed E-state index contributed by atoms with van der Waals surface area (Å²) in [7, 11) is 0. The number of benzene rings is 1. The normalized spacial score (nSPS) is 13.8. The molecule has 0 fully saturated rings. The standard InChI is InChI=1S/C15H16BrNO3/c16-7-14(18)15(19)12-6-13(9-17-8-12)20-10-11-4-2-1-3-5-11/h1-6,8-9,14-15,18-19H,7,10H2. The third kappa shape index (κ3) is 4.03. The molecule has 5 heteroatoms. The Bertz CT molecular complexity index is 536. The van der Waals surface area contributed by atoms with E-state index < -0.39 is 12.2 Å². The summed E-state index contributed by atoms with van der Waals surface area (Å²) in [4.78, 5) is 4.02. The van der Waals surface area contributed by atoms with Crippen LogP contribution in [0.4, 0.5) is 0 Å². The van der Waals surface area contributed by atoms with E-state index >= 15 is 0 Å². The van der Waals surface area contributed by atoms with Crippen molar-refractivity contribution in [3.8, 4) is 5.75 Å². The van der Waals surface area contributed by atoms with Crippen LogP contribution >= 0.6 is 15.9 Å². The average Bonchev–Trinajstić information content (AvgIpc) is 2.52. The summed E-state index contributed by atoms with van der Waals surface area (Å²) in [5.41, 5.74) is 1.58. The van der Waals surface area contributed by atoms with E-state index in [0.717, 1.165) is 5.56 Å². The molecular formula is C15H16BrNO3. The maximum absolute atomic E-state index is 9.92.